The second-order valence-electron chi connectivity index (χ2n) is 6.33. The zero-order chi connectivity index (χ0) is 12.2. The molecule has 0 saturated carbocycles. The summed E-state index contributed by atoms with van der Waals surface area (Å²) in [6.07, 6.45) is 2.83. The van der Waals surface area contributed by atoms with Crippen molar-refractivity contribution < 1.29 is 4.79 Å². The summed E-state index contributed by atoms with van der Waals surface area (Å²) in [5.74, 6) is 0.680. The van der Waals surface area contributed by atoms with Gasteiger partial charge in [-0.05, 0) is 30.7 Å². The van der Waals surface area contributed by atoms with Gasteiger partial charge < -0.3 is 10.6 Å². The Morgan fingerprint density at radius 3 is 2.69 bits per heavy atom. The molecule has 0 bridgehead atoms. The predicted octanol–water partition coefficient (Wildman–Crippen LogP) is 1.93. The number of carbonyl (C=O) groups is 1. The lowest BCUT2D eigenvalue weighted by molar-refractivity contribution is -0.122. The van der Waals surface area contributed by atoms with E-state index in [1.54, 1.807) is 0 Å². The Labute approximate surface area is 99.4 Å². The van der Waals surface area contributed by atoms with Crippen LogP contribution in [0.2, 0.25) is 0 Å². The van der Waals surface area contributed by atoms with Gasteiger partial charge in [-0.2, -0.15) is 0 Å². The van der Waals surface area contributed by atoms with Crippen molar-refractivity contribution in [1.29, 1.82) is 0 Å². The molecule has 3 heteroatoms. The number of carbonyl (C=O) groups excluding carboxylic acids is 1. The highest BCUT2D eigenvalue weighted by Crippen LogP contribution is 2.25. The second-order valence-corrected chi connectivity index (χ2v) is 6.33. The van der Waals surface area contributed by atoms with Gasteiger partial charge in [-0.3, -0.25) is 4.79 Å². The molecule has 1 aliphatic heterocycles. The van der Waals surface area contributed by atoms with Gasteiger partial charge in [0.15, 0.2) is 0 Å². The van der Waals surface area contributed by atoms with Crippen LogP contribution >= 0.6 is 0 Å². The van der Waals surface area contributed by atoms with Crippen LogP contribution in [0.3, 0.4) is 0 Å². The van der Waals surface area contributed by atoms with Crippen LogP contribution in [0.4, 0.5) is 0 Å². The van der Waals surface area contributed by atoms with Gasteiger partial charge in [-0.25, -0.2) is 0 Å². The predicted molar refractivity (Wildman–Crippen MR) is 67.3 cm³/mol. The van der Waals surface area contributed by atoms with Gasteiger partial charge >= 0.3 is 0 Å². The maximum atomic E-state index is 11.8. The average Bonchev–Trinajstić information content (AvgIpc) is 2.51. The third kappa shape index (κ3) is 5.50. The van der Waals surface area contributed by atoms with E-state index in [0.29, 0.717) is 23.8 Å². The molecule has 0 aliphatic carbocycles. The van der Waals surface area contributed by atoms with Crippen LogP contribution < -0.4 is 10.6 Å². The van der Waals surface area contributed by atoms with E-state index in [2.05, 4.69) is 38.3 Å². The van der Waals surface area contributed by atoms with E-state index in [1.807, 2.05) is 0 Å². The molecule has 1 saturated heterocycles. The fraction of sp³-hybridized carbons (Fsp3) is 0.923. The quantitative estimate of drug-likeness (QED) is 0.769. The summed E-state index contributed by atoms with van der Waals surface area (Å²) in [5, 5.41) is 6.35. The lowest BCUT2D eigenvalue weighted by atomic mass is 9.84. The zero-order valence-corrected chi connectivity index (χ0v) is 11.1. The molecule has 0 aromatic carbocycles. The highest BCUT2D eigenvalue weighted by Gasteiger charge is 2.20. The minimum atomic E-state index is 0.213. The van der Waals surface area contributed by atoms with Gasteiger partial charge in [0.05, 0.1) is 0 Å². The van der Waals surface area contributed by atoms with E-state index in [1.165, 1.54) is 0 Å². The van der Waals surface area contributed by atoms with E-state index >= 15 is 0 Å². The van der Waals surface area contributed by atoms with Gasteiger partial charge in [0, 0.05) is 19.0 Å². The Kier molecular flexibility index (Phi) is 4.78. The van der Waals surface area contributed by atoms with Gasteiger partial charge in [-0.15, -0.1) is 0 Å². The molecule has 94 valence electrons. The summed E-state index contributed by atoms with van der Waals surface area (Å²) in [6, 6.07) is 0.356. The van der Waals surface area contributed by atoms with Crippen LogP contribution in [0.1, 0.15) is 47.0 Å². The molecule has 1 rings (SSSR count). The molecule has 3 nitrogen and oxygen atoms in total. The maximum absolute atomic E-state index is 11.8. The second kappa shape index (κ2) is 5.67. The highest BCUT2D eigenvalue weighted by molar-refractivity contribution is 5.76. The summed E-state index contributed by atoms with van der Waals surface area (Å²) in [6.45, 7) is 10.8. The first-order valence-corrected chi connectivity index (χ1v) is 6.37. The summed E-state index contributed by atoms with van der Waals surface area (Å²) < 4.78 is 0. The molecule has 1 amide bonds. The summed E-state index contributed by atoms with van der Waals surface area (Å²) in [7, 11) is 0. The molecule has 0 aromatic heterocycles. The van der Waals surface area contributed by atoms with Crippen molar-refractivity contribution in [3.63, 3.8) is 0 Å². The maximum Gasteiger partial charge on any atom is 0.220 e. The van der Waals surface area contributed by atoms with Gasteiger partial charge in [-0.1, -0.05) is 27.7 Å². The fourth-order valence-electron chi connectivity index (χ4n) is 2.50. The normalized spacial score (nSPS) is 23.1. The molecular weight excluding hydrogens is 200 g/mol. The van der Waals surface area contributed by atoms with E-state index in [-0.39, 0.29) is 5.91 Å². The smallest absolute Gasteiger partial charge is 0.220 e. The highest BCUT2D eigenvalue weighted by atomic mass is 16.1. The Balaban J connectivity index is 2.22. The molecule has 1 heterocycles. The van der Waals surface area contributed by atoms with Gasteiger partial charge in [0.2, 0.25) is 5.91 Å². The minimum Gasteiger partial charge on any atom is -0.352 e. The molecule has 1 fully saturated rings. The number of rotatable bonds is 4. The van der Waals surface area contributed by atoms with Crippen molar-refractivity contribution in [2.24, 2.45) is 11.3 Å². The Bertz CT molecular complexity index is 227. The third-order valence-electron chi connectivity index (χ3n) is 2.92. The zero-order valence-electron chi connectivity index (χ0n) is 11.1. The molecule has 1 aliphatic rings. The molecule has 2 unspecified atom stereocenters. The molecule has 2 atom stereocenters. The van der Waals surface area contributed by atoms with Crippen LogP contribution in [0.25, 0.3) is 0 Å². The van der Waals surface area contributed by atoms with Crippen LogP contribution in [0.15, 0.2) is 0 Å². The fourth-order valence-corrected chi connectivity index (χ4v) is 2.50. The SMILES string of the molecule is CC(CC(=O)NC1CCNC1)CC(C)(C)C. The van der Waals surface area contributed by atoms with E-state index in [4.69, 9.17) is 0 Å². The molecule has 16 heavy (non-hydrogen) atoms. The molecule has 0 radical (unpaired) electrons. The first kappa shape index (κ1) is 13.5. The number of hydrogen-bond acceptors (Lipinski definition) is 2. The van der Waals surface area contributed by atoms with Crippen molar-refractivity contribution in [2.45, 2.75) is 53.0 Å². The van der Waals surface area contributed by atoms with Crippen LogP contribution in [0, 0.1) is 11.3 Å². The topological polar surface area (TPSA) is 41.1 Å². The van der Waals surface area contributed by atoms with Crippen LogP contribution in [-0.4, -0.2) is 25.0 Å². The molecular formula is C13H26N2O. The van der Waals surface area contributed by atoms with Crippen LogP contribution in [-0.2, 0) is 4.79 Å². The Morgan fingerprint density at radius 1 is 1.50 bits per heavy atom. The van der Waals surface area contributed by atoms with Crippen molar-refractivity contribution in [2.75, 3.05) is 13.1 Å². The molecule has 2 N–H and O–H groups in total. The Hall–Kier alpha value is -0.570. The lowest BCUT2D eigenvalue weighted by Gasteiger charge is -2.23. The van der Waals surface area contributed by atoms with E-state index < -0.39 is 0 Å². The minimum absolute atomic E-state index is 0.213. The lowest BCUT2D eigenvalue weighted by Crippen LogP contribution is -2.37. The van der Waals surface area contributed by atoms with E-state index in [0.717, 1.165) is 25.9 Å². The number of nitrogens with one attached hydrogen (secondary N) is 2. The van der Waals surface area contributed by atoms with Gasteiger partial charge in [0.1, 0.15) is 0 Å². The largest absolute Gasteiger partial charge is 0.352 e. The Morgan fingerprint density at radius 2 is 2.19 bits per heavy atom. The summed E-state index contributed by atoms with van der Waals surface area (Å²) in [5.41, 5.74) is 0.314. The number of amides is 1. The van der Waals surface area contributed by atoms with Crippen molar-refractivity contribution in [3.8, 4) is 0 Å². The van der Waals surface area contributed by atoms with E-state index in [9.17, 15) is 4.79 Å². The van der Waals surface area contributed by atoms with Crippen molar-refractivity contribution in [1.82, 2.24) is 10.6 Å². The number of hydrogen-bond donors (Lipinski definition) is 2. The summed E-state index contributed by atoms with van der Waals surface area (Å²) >= 11 is 0. The molecule has 0 spiro atoms. The first-order valence-electron chi connectivity index (χ1n) is 6.37. The van der Waals surface area contributed by atoms with Crippen molar-refractivity contribution >= 4 is 5.91 Å². The van der Waals surface area contributed by atoms with Crippen molar-refractivity contribution in [3.05, 3.63) is 0 Å². The average molecular weight is 226 g/mol. The molecule has 0 aromatic rings. The summed E-state index contributed by atoms with van der Waals surface area (Å²) in [4.78, 5) is 11.8. The monoisotopic (exact) mass is 226 g/mol. The third-order valence-corrected chi connectivity index (χ3v) is 2.92. The van der Waals surface area contributed by atoms with Crippen LogP contribution in [0.5, 0.6) is 0 Å². The van der Waals surface area contributed by atoms with Gasteiger partial charge in [0.25, 0.3) is 0 Å². The standard InChI is InChI=1S/C13H26N2O/c1-10(8-13(2,3)4)7-12(16)15-11-5-6-14-9-11/h10-11,14H,5-9H2,1-4H3,(H,15,16). The first-order chi connectivity index (χ1) is 7.37.